The number of aliphatic hydroxyl groups is 3. The largest absolute Gasteiger partial charge is 0.493 e. The van der Waals surface area contributed by atoms with Gasteiger partial charge in [-0.3, -0.25) is 4.90 Å². The Hall–Kier alpha value is -4.59. The van der Waals surface area contributed by atoms with Gasteiger partial charge in [0.15, 0.2) is 17.6 Å². The molecule has 2 heterocycles. The number of amides is 2. The number of carbonyl (C=O) groups excluding carboxylic acids is 2. The maximum Gasteiger partial charge on any atom is 0.409 e. The number of ether oxygens (including phenoxy) is 7. The number of nitrogens with two attached hydrogens (primary N) is 1. The Morgan fingerprint density at radius 1 is 0.860 bits per heavy atom. The lowest BCUT2D eigenvalue weighted by Crippen LogP contribution is -2.61. The topological polar surface area (TPSA) is 232 Å². The van der Waals surface area contributed by atoms with Crippen molar-refractivity contribution in [2.75, 3.05) is 66.8 Å². The maximum absolute atomic E-state index is 13.0. The minimum atomic E-state index is -1.86. The van der Waals surface area contributed by atoms with Crippen LogP contribution in [0.2, 0.25) is 0 Å². The van der Waals surface area contributed by atoms with E-state index in [4.69, 9.17) is 38.9 Å². The molecule has 5 rings (SSSR count). The molecule has 0 bridgehead atoms. The molecular formula is C39H56N4O14. The van der Waals surface area contributed by atoms with Gasteiger partial charge in [-0.15, -0.1) is 0 Å². The van der Waals surface area contributed by atoms with Crippen LogP contribution >= 0.6 is 0 Å². The summed E-state index contributed by atoms with van der Waals surface area (Å²) in [6, 6.07) is 10.6. The molecule has 3 aliphatic rings. The molecule has 3 fully saturated rings. The van der Waals surface area contributed by atoms with Gasteiger partial charge in [0, 0.05) is 46.3 Å². The van der Waals surface area contributed by atoms with Crippen molar-refractivity contribution in [1.82, 2.24) is 14.7 Å². The van der Waals surface area contributed by atoms with Gasteiger partial charge in [0.05, 0.1) is 32.6 Å². The summed E-state index contributed by atoms with van der Waals surface area (Å²) in [5.41, 5.74) is 7.74. The highest BCUT2D eigenvalue weighted by Gasteiger charge is 2.48. The number of benzene rings is 2. The predicted octanol–water partition coefficient (Wildman–Crippen LogP) is 1.84. The zero-order valence-electron chi connectivity index (χ0n) is 32.9. The summed E-state index contributed by atoms with van der Waals surface area (Å²) in [6.45, 7) is 2.29. The smallest absolute Gasteiger partial charge is 0.409 e. The van der Waals surface area contributed by atoms with Crippen molar-refractivity contribution in [2.45, 2.75) is 94.1 Å². The first-order chi connectivity index (χ1) is 27.3. The third-order valence-corrected chi connectivity index (χ3v) is 10.6. The van der Waals surface area contributed by atoms with E-state index in [-0.39, 0.29) is 49.4 Å². The second-order valence-corrected chi connectivity index (χ2v) is 14.6. The SMILES string of the molecule is COc1ccc(CCO[C@H]2CCCC[C@@H]2N2CCC(OC(=O)N(C)CCN(C)C(=O)OCc3ccc(OC4OC(C(=O)O)C(O)C(O)C4O)c(N)c3)C2)cc1OC. The number of methoxy groups -OCH3 is 2. The fourth-order valence-electron chi connectivity index (χ4n) is 7.24. The molecule has 0 spiro atoms. The molecule has 6 N–H and O–H groups in total. The van der Waals surface area contributed by atoms with E-state index >= 15 is 0 Å². The predicted molar refractivity (Wildman–Crippen MR) is 203 cm³/mol. The van der Waals surface area contributed by atoms with Crippen molar-refractivity contribution in [1.29, 1.82) is 0 Å². The first-order valence-corrected chi connectivity index (χ1v) is 19.1. The van der Waals surface area contributed by atoms with Gasteiger partial charge in [0.2, 0.25) is 6.29 Å². The number of aliphatic carboxylic acids is 1. The fraction of sp³-hybridized carbons (Fsp3) is 0.615. The lowest BCUT2D eigenvalue weighted by atomic mass is 9.91. The molecule has 2 aromatic carbocycles. The normalized spacial score (nSPS) is 26.3. The summed E-state index contributed by atoms with van der Waals surface area (Å²) in [6.07, 6.45) is -4.39. The van der Waals surface area contributed by atoms with Crippen LogP contribution in [-0.4, -0.2) is 163 Å². The molecule has 18 nitrogen and oxygen atoms in total. The van der Waals surface area contributed by atoms with Crippen molar-refractivity contribution >= 4 is 23.8 Å². The molecule has 1 saturated carbocycles. The van der Waals surface area contributed by atoms with Crippen molar-refractivity contribution in [3.63, 3.8) is 0 Å². The van der Waals surface area contributed by atoms with E-state index in [1.54, 1.807) is 28.3 Å². The lowest BCUT2D eigenvalue weighted by Gasteiger charge is -2.38. The van der Waals surface area contributed by atoms with Gasteiger partial charge in [0.25, 0.3) is 0 Å². The number of carboxylic acid groups (broad SMARTS) is 1. The number of carboxylic acids is 1. The molecule has 0 radical (unpaired) electrons. The quantitative estimate of drug-likeness (QED) is 0.152. The van der Waals surface area contributed by atoms with Crippen LogP contribution in [0.4, 0.5) is 15.3 Å². The van der Waals surface area contributed by atoms with E-state index in [9.17, 15) is 34.8 Å². The number of anilines is 1. The van der Waals surface area contributed by atoms with Gasteiger partial charge < -0.3 is 69.1 Å². The second kappa shape index (κ2) is 20.2. The van der Waals surface area contributed by atoms with Crippen LogP contribution in [0.15, 0.2) is 36.4 Å². The van der Waals surface area contributed by atoms with Gasteiger partial charge in [-0.25, -0.2) is 14.4 Å². The third kappa shape index (κ3) is 11.3. The molecule has 8 atom stereocenters. The Labute approximate surface area is 331 Å². The number of likely N-dealkylation sites (tertiary alicyclic amines) is 1. The number of nitrogen functional groups attached to an aromatic ring is 1. The maximum atomic E-state index is 13.0. The summed E-state index contributed by atoms with van der Waals surface area (Å²) in [5, 5.41) is 39.4. The van der Waals surface area contributed by atoms with Gasteiger partial charge in [-0.05, 0) is 61.1 Å². The highest BCUT2D eigenvalue weighted by Crippen LogP contribution is 2.32. The summed E-state index contributed by atoms with van der Waals surface area (Å²) in [5.74, 6) is -0.152. The number of hydrogen-bond acceptors (Lipinski definition) is 15. The third-order valence-electron chi connectivity index (χ3n) is 10.6. The Morgan fingerprint density at radius 3 is 2.25 bits per heavy atom. The first kappa shape index (κ1) is 43.5. The molecule has 18 heteroatoms. The number of nitrogens with zero attached hydrogens (tertiary/aromatic N) is 3. The zero-order valence-corrected chi connectivity index (χ0v) is 32.9. The van der Waals surface area contributed by atoms with E-state index in [0.717, 1.165) is 50.6 Å². The van der Waals surface area contributed by atoms with Gasteiger partial charge in [-0.1, -0.05) is 25.0 Å². The van der Waals surface area contributed by atoms with Gasteiger partial charge in [0.1, 0.15) is 36.8 Å². The van der Waals surface area contributed by atoms with Gasteiger partial charge in [-0.2, -0.15) is 0 Å². The molecule has 6 unspecified atom stereocenters. The average Bonchev–Trinajstić information content (AvgIpc) is 3.67. The van der Waals surface area contributed by atoms with Crippen LogP contribution in [0.25, 0.3) is 0 Å². The first-order valence-electron chi connectivity index (χ1n) is 19.1. The van der Waals surface area contributed by atoms with E-state index in [1.165, 1.54) is 28.0 Å². The number of carbonyl (C=O) groups is 3. The minimum Gasteiger partial charge on any atom is -0.493 e. The molecule has 2 aliphatic heterocycles. The van der Waals surface area contributed by atoms with E-state index in [2.05, 4.69) is 4.90 Å². The summed E-state index contributed by atoms with van der Waals surface area (Å²) in [4.78, 5) is 42.2. The molecule has 2 aromatic rings. The fourth-order valence-corrected chi connectivity index (χ4v) is 7.24. The molecule has 57 heavy (non-hydrogen) atoms. The monoisotopic (exact) mass is 804 g/mol. The van der Waals surface area contributed by atoms with E-state index < -0.39 is 48.9 Å². The van der Waals surface area contributed by atoms with Gasteiger partial charge >= 0.3 is 18.2 Å². The van der Waals surface area contributed by atoms with Crippen molar-refractivity contribution in [3.8, 4) is 17.2 Å². The van der Waals surface area contributed by atoms with Crippen LogP contribution in [0.1, 0.15) is 43.2 Å². The second-order valence-electron chi connectivity index (χ2n) is 14.6. The average molecular weight is 805 g/mol. The number of likely N-dealkylation sites (N-methyl/N-ethyl adjacent to an activating group) is 2. The summed E-state index contributed by atoms with van der Waals surface area (Å²) in [7, 11) is 6.40. The van der Waals surface area contributed by atoms with E-state index in [1.807, 2.05) is 18.2 Å². The zero-order chi connectivity index (χ0) is 41.2. The lowest BCUT2D eigenvalue weighted by molar-refractivity contribution is -0.271. The van der Waals surface area contributed by atoms with Crippen LogP contribution in [0.5, 0.6) is 17.2 Å². The summed E-state index contributed by atoms with van der Waals surface area (Å²) < 4.78 is 39.1. The van der Waals surface area contributed by atoms with Crippen molar-refractivity contribution < 1.29 is 68.0 Å². The molecule has 2 amide bonds. The Balaban J connectivity index is 1.01. The Kier molecular flexibility index (Phi) is 15.4. The van der Waals surface area contributed by atoms with Crippen molar-refractivity contribution in [2.24, 2.45) is 0 Å². The van der Waals surface area contributed by atoms with Crippen LogP contribution in [0, 0.1) is 0 Å². The highest BCUT2D eigenvalue weighted by molar-refractivity contribution is 5.73. The van der Waals surface area contributed by atoms with Crippen LogP contribution < -0.4 is 19.9 Å². The molecule has 1 aliphatic carbocycles. The van der Waals surface area contributed by atoms with Crippen LogP contribution in [-0.2, 0) is 36.8 Å². The highest BCUT2D eigenvalue weighted by atomic mass is 16.7. The molecule has 316 valence electrons. The minimum absolute atomic E-state index is 0.00464. The number of aliphatic hydroxyl groups excluding tert-OH is 3. The summed E-state index contributed by atoms with van der Waals surface area (Å²) >= 11 is 0. The standard InChI is InChI=1S/C39H56N4O14/c1-41(38(49)54-22-24-10-11-28(26(40)19-24)56-37-34(46)32(44)33(45)35(57-37)36(47)48)16-17-42(2)39(50)55-25-13-15-43(21-25)27-7-5-6-8-29(27)53-18-14-23-9-12-30(51-3)31(20-23)52-4/h9-12,19-20,25,27,29,32-35,37,44-46H,5-8,13-18,21-22,40H2,1-4H3,(H,47,48)/t25?,27-,29-,32?,33?,34?,35?,37?/m0/s1. The molecular weight excluding hydrogens is 748 g/mol. The Bertz CT molecular complexity index is 1670. The van der Waals surface area contributed by atoms with E-state index in [0.29, 0.717) is 30.2 Å². The van der Waals surface area contributed by atoms with Crippen molar-refractivity contribution in [3.05, 3.63) is 47.5 Å². The molecule has 0 aromatic heterocycles. The number of hydrogen-bond donors (Lipinski definition) is 5. The number of rotatable bonds is 16. The Morgan fingerprint density at radius 2 is 1.54 bits per heavy atom. The molecule has 2 saturated heterocycles. The van der Waals surface area contributed by atoms with Crippen LogP contribution in [0.3, 0.4) is 0 Å².